The first kappa shape index (κ1) is 18.9. The third-order valence-corrected chi connectivity index (χ3v) is 5.37. The molecule has 0 aliphatic rings. The highest BCUT2D eigenvalue weighted by molar-refractivity contribution is 6.52. The predicted molar refractivity (Wildman–Crippen MR) is 88.7 cm³/mol. The molecule has 7 heteroatoms. The summed E-state index contributed by atoms with van der Waals surface area (Å²) in [5.74, 6) is -0.363. The van der Waals surface area contributed by atoms with Gasteiger partial charge < -0.3 is 10.5 Å². The summed E-state index contributed by atoms with van der Waals surface area (Å²) in [6.07, 6.45) is 0.460. The molecule has 3 nitrogen and oxygen atoms in total. The zero-order valence-electron chi connectivity index (χ0n) is 11.9. The van der Waals surface area contributed by atoms with Gasteiger partial charge in [0.15, 0.2) is 0 Å². The summed E-state index contributed by atoms with van der Waals surface area (Å²) in [5.41, 5.74) is 6.56. The molecule has 0 saturated carbocycles. The minimum absolute atomic E-state index is 0.000438. The van der Waals surface area contributed by atoms with Crippen LogP contribution in [0.25, 0.3) is 0 Å². The molecule has 21 heavy (non-hydrogen) atoms. The molecule has 0 bridgehead atoms. The number of carbonyl (C=O) groups is 1. The molecule has 3 atom stereocenters. The lowest BCUT2D eigenvalue weighted by Gasteiger charge is -2.24. The zero-order valence-corrected chi connectivity index (χ0v) is 14.9. The Morgan fingerprint density at radius 2 is 1.76 bits per heavy atom. The number of esters is 1. The van der Waals surface area contributed by atoms with Gasteiger partial charge in [0.25, 0.3) is 0 Å². The summed E-state index contributed by atoms with van der Waals surface area (Å²) < 4.78 is 4.63. The van der Waals surface area contributed by atoms with Crippen LogP contribution >= 0.6 is 46.4 Å². The standard InChI is InChI=1S/C14H17Cl4NO2/c1-6(4-10(19)14(20)21-3)7(2)8-5-9(15)12(17)13(18)11(8)16/h5-7,10H,4,19H2,1-3H3. The molecule has 0 saturated heterocycles. The van der Waals surface area contributed by atoms with Crippen molar-refractivity contribution in [2.45, 2.75) is 32.2 Å². The maximum absolute atomic E-state index is 11.4. The number of rotatable bonds is 5. The topological polar surface area (TPSA) is 52.3 Å². The largest absolute Gasteiger partial charge is 0.468 e. The molecular weight excluding hydrogens is 356 g/mol. The van der Waals surface area contributed by atoms with E-state index in [1.165, 1.54) is 7.11 Å². The van der Waals surface area contributed by atoms with Gasteiger partial charge in [-0.25, -0.2) is 0 Å². The highest BCUT2D eigenvalue weighted by Crippen LogP contribution is 2.42. The highest BCUT2D eigenvalue weighted by Gasteiger charge is 2.25. The van der Waals surface area contributed by atoms with E-state index in [4.69, 9.17) is 52.1 Å². The fraction of sp³-hybridized carbons (Fsp3) is 0.500. The van der Waals surface area contributed by atoms with Crippen molar-refractivity contribution in [2.24, 2.45) is 11.7 Å². The van der Waals surface area contributed by atoms with Crippen LogP contribution in [0.4, 0.5) is 0 Å². The molecule has 3 unspecified atom stereocenters. The summed E-state index contributed by atoms with van der Waals surface area (Å²) in [7, 11) is 1.31. The van der Waals surface area contributed by atoms with Crippen molar-refractivity contribution in [1.29, 1.82) is 0 Å². The Balaban J connectivity index is 2.98. The van der Waals surface area contributed by atoms with Crippen LogP contribution in [0.5, 0.6) is 0 Å². The lowest BCUT2D eigenvalue weighted by atomic mass is 9.85. The number of benzene rings is 1. The van der Waals surface area contributed by atoms with E-state index in [2.05, 4.69) is 4.74 Å². The SMILES string of the molecule is COC(=O)C(N)CC(C)C(C)c1cc(Cl)c(Cl)c(Cl)c1Cl. The fourth-order valence-electron chi connectivity index (χ4n) is 2.08. The Morgan fingerprint density at radius 1 is 1.19 bits per heavy atom. The monoisotopic (exact) mass is 371 g/mol. The average Bonchev–Trinajstić information content (AvgIpc) is 2.46. The summed E-state index contributed by atoms with van der Waals surface area (Å²) in [6, 6.07) is 1.02. The number of hydrogen-bond acceptors (Lipinski definition) is 3. The van der Waals surface area contributed by atoms with E-state index in [0.717, 1.165) is 5.56 Å². The van der Waals surface area contributed by atoms with Gasteiger partial charge in [-0.15, -0.1) is 0 Å². The van der Waals surface area contributed by atoms with Gasteiger partial charge in [0.05, 0.1) is 27.2 Å². The van der Waals surface area contributed by atoms with E-state index in [0.29, 0.717) is 16.5 Å². The van der Waals surface area contributed by atoms with E-state index in [9.17, 15) is 4.79 Å². The van der Waals surface area contributed by atoms with Crippen LogP contribution in [0.15, 0.2) is 6.07 Å². The van der Waals surface area contributed by atoms with E-state index < -0.39 is 12.0 Å². The first-order chi connectivity index (χ1) is 9.70. The van der Waals surface area contributed by atoms with Crippen molar-refractivity contribution in [2.75, 3.05) is 7.11 Å². The number of ether oxygens (including phenoxy) is 1. The molecule has 0 fully saturated rings. The Morgan fingerprint density at radius 3 is 2.29 bits per heavy atom. The van der Waals surface area contributed by atoms with Gasteiger partial charge in [-0.1, -0.05) is 60.3 Å². The second-order valence-corrected chi connectivity index (χ2v) is 6.56. The molecule has 0 aliphatic carbocycles. The van der Waals surface area contributed by atoms with Gasteiger partial charge in [-0.3, -0.25) is 4.79 Å². The molecule has 2 N–H and O–H groups in total. The molecule has 1 rings (SSSR count). The third-order valence-electron chi connectivity index (χ3n) is 3.60. The Hall–Kier alpha value is -0.190. The Kier molecular flexibility index (Phi) is 7.08. The van der Waals surface area contributed by atoms with Gasteiger partial charge >= 0.3 is 5.97 Å². The third kappa shape index (κ3) is 4.40. The van der Waals surface area contributed by atoms with Crippen molar-refractivity contribution in [1.82, 2.24) is 0 Å². The van der Waals surface area contributed by atoms with Crippen LogP contribution < -0.4 is 5.73 Å². The normalized spacial score (nSPS) is 15.4. The number of nitrogens with two attached hydrogens (primary N) is 1. The van der Waals surface area contributed by atoms with Gasteiger partial charge in [0.1, 0.15) is 6.04 Å². The van der Waals surface area contributed by atoms with Crippen LogP contribution in [0.3, 0.4) is 0 Å². The van der Waals surface area contributed by atoms with Crippen LogP contribution in [0.2, 0.25) is 20.1 Å². The average molecular weight is 373 g/mol. The van der Waals surface area contributed by atoms with Crippen molar-refractivity contribution in [3.63, 3.8) is 0 Å². The highest BCUT2D eigenvalue weighted by atomic mass is 35.5. The second-order valence-electron chi connectivity index (χ2n) is 5.02. The van der Waals surface area contributed by atoms with Crippen LogP contribution in [-0.2, 0) is 9.53 Å². The summed E-state index contributed by atoms with van der Waals surface area (Å²) in [5, 5.41) is 1.18. The van der Waals surface area contributed by atoms with Crippen molar-refractivity contribution >= 4 is 52.4 Å². The van der Waals surface area contributed by atoms with Gasteiger partial charge in [-0.05, 0) is 29.9 Å². The van der Waals surface area contributed by atoms with Crippen molar-refractivity contribution < 1.29 is 9.53 Å². The van der Waals surface area contributed by atoms with Gasteiger partial charge in [0, 0.05) is 0 Å². The molecule has 0 radical (unpaired) electrons. The summed E-state index contributed by atoms with van der Waals surface area (Å²) in [6.45, 7) is 3.94. The quantitative estimate of drug-likeness (QED) is 0.452. The maximum atomic E-state index is 11.4. The van der Waals surface area contributed by atoms with Gasteiger partial charge in [0.2, 0.25) is 0 Å². The molecule has 1 aromatic carbocycles. The second kappa shape index (κ2) is 7.89. The number of carbonyl (C=O) groups excluding carboxylic acids is 1. The van der Waals surface area contributed by atoms with E-state index in [-0.39, 0.29) is 21.9 Å². The minimum atomic E-state index is -0.676. The maximum Gasteiger partial charge on any atom is 0.322 e. The molecule has 0 heterocycles. The Bertz CT molecular complexity index is 536. The van der Waals surface area contributed by atoms with Crippen LogP contribution in [0, 0.1) is 5.92 Å². The van der Waals surface area contributed by atoms with Crippen molar-refractivity contribution in [3.8, 4) is 0 Å². The lowest BCUT2D eigenvalue weighted by Crippen LogP contribution is -2.34. The van der Waals surface area contributed by atoms with Crippen LogP contribution in [0.1, 0.15) is 31.7 Å². The Labute approximate surface area is 144 Å². The molecule has 0 aromatic heterocycles. The van der Waals surface area contributed by atoms with E-state index >= 15 is 0 Å². The molecular formula is C14H17Cl4NO2. The smallest absolute Gasteiger partial charge is 0.322 e. The summed E-state index contributed by atoms with van der Waals surface area (Å²) >= 11 is 24.3. The molecule has 118 valence electrons. The lowest BCUT2D eigenvalue weighted by molar-refractivity contribution is -0.142. The zero-order chi connectivity index (χ0) is 16.3. The minimum Gasteiger partial charge on any atom is -0.468 e. The van der Waals surface area contributed by atoms with E-state index in [1.807, 2.05) is 13.8 Å². The number of methoxy groups -OCH3 is 1. The fourth-order valence-corrected chi connectivity index (χ4v) is 3.07. The van der Waals surface area contributed by atoms with Gasteiger partial charge in [-0.2, -0.15) is 0 Å². The first-order valence-corrected chi connectivity index (χ1v) is 7.88. The van der Waals surface area contributed by atoms with Crippen molar-refractivity contribution in [3.05, 3.63) is 31.7 Å². The molecule has 0 amide bonds. The predicted octanol–water partition coefficient (Wildman–Crippen LogP) is 4.93. The summed E-state index contributed by atoms with van der Waals surface area (Å²) in [4.78, 5) is 11.4. The molecule has 1 aromatic rings. The number of halogens is 4. The molecule has 0 aliphatic heterocycles. The number of hydrogen-bond donors (Lipinski definition) is 1. The van der Waals surface area contributed by atoms with Crippen LogP contribution in [-0.4, -0.2) is 19.1 Å². The van der Waals surface area contributed by atoms with E-state index in [1.54, 1.807) is 6.07 Å². The first-order valence-electron chi connectivity index (χ1n) is 6.36. The molecule has 0 spiro atoms.